The van der Waals surface area contributed by atoms with Crippen LogP contribution in [-0.2, 0) is 6.54 Å². The zero-order valence-corrected chi connectivity index (χ0v) is 17.8. The van der Waals surface area contributed by atoms with Crippen LogP contribution in [0.5, 0.6) is 0 Å². The van der Waals surface area contributed by atoms with Gasteiger partial charge in [-0.3, -0.25) is 9.97 Å². The van der Waals surface area contributed by atoms with E-state index in [1.54, 1.807) is 0 Å². The fraction of sp³-hybridized carbons (Fsp3) is 0.375. The third-order valence-electron chi connectivity index (χ3n) is 6.34. The van der Waals surface area contributed by atoms with Crippen LogP contribution in [0.4, 0.5) is 0 Å². The van der Waals surface area contributed by atoms with Crippen molar-refractivity contribution in [1.29, 1.82) is 0 Å². The van der Waals surface area contributed by atoms with Crippen LogP contribution in [0, 0.1) is 0 Å². The van der Waals surface area contributed by atoms with Crippen LogP contribution in [0.3, 0.4) is 0 Å². The molecule has 2 fully saturated rings. The molecule has 1 aliphatic heterocycles. The van der Waals surface area contributed by atoms with Crippen LogP contribution in [0.1, 0.15) is 67.3 Å². The number of nitrogens with one attached hydrogen (secondary N) is 1. The molecule has 4 heterocycles. The molecule has 154 valence electrons. The second kappa shape index (κ2) is 8.56. The van der Waals surface area contributed by atoms with Crippen molar-refractivity contribution in [2.24, 2.45) is 0 Å². The fourth-order valence-corrected chi connectivity index (χ4v) is 5.22. The van der Waals surface area contributed by atoms with Gasteiger partial charge in [-0.15, -0.1) is 0 Å². The smallest absolute Gasteiger partial charge is 0.170 e. The fourth-order valence-electron chi connectivity index (χ4n) is 4.91. The maximum Gasteiger partial charge on any atom is 0.170 e. The molecule has 3 aromatic heterocycles. The summed E-state index contributed by atoms with van der Waals surface area (Å²) in [4.78, 5) is 11.5. The molecule has 3 aromatic rings. The summed E-state index contributed by atoms with van der Waals surface area (Å²) >= 11 is 5.82. The van der Waals surface area contributed by atoms with Gasteiger partial charge in [-0.1, -0.05) is 31.4 Å². The average molecular weight is 418 g/mol. The Morgan fingerprint density at radius 2 is 1.73 bits per heavy atom. The Bertz CT molecular complexity index is 981. The zero-order valence-electron chi connectivity index (χ0n) is 17.0. The molecule has 1 aliphatic carbocycles. The van der Waals surface area contributed by atoms with Gasteiger partial charge in [0.1, 0.15) is 0 Å². The number of rotatable bonds is 5. The lowest BCUT2D eigenvalue weighted by atomic mass is 9.94. The Hall–Kier alpha value is -2.73. The molecule has 1 saturated heterocycles. The van der Waals surface area contributed by atoms with E-state index in [2.05, 4.69) is 55.2 Å². The Labute approximate surface area is 183 Å². The van der Waals surface area contributed by atoms with Crippen molar-refractivity contribution in [3.63, 3.8) is 0 Å². The van der Waals surface area contributed by atoms with Gasteiger partial charge >= 0.3 is 0 Å². The summed E-state index contributed by atoms with van der Waals surface area (Å²) in [6.07, 6.45) is 12.4. The van der Waals surface area contributed by atoms with Gasteiger partial charge in [-0.2, -0.15) is 0 Å². The Morgan fingerprint density at radius 3 is 2.47 bits per heavy atom. The normalized spacial score (nSPS) is 22.3. The standard InChI is InChI=1S/C24H27N5S/c30-24-27-22(20-12-5-7-15-26-20)23(29(24)17-18-9-4-6-14-25-18)21-13-8-16-28(21)19-10-2-1-3-11-19/h4-9,12-16,19,22-23H,1-3,10-11,17H2,(H,27,30)/t22-,23+/m1/s1. The lowest BCUT2D eigenvalue weighted by Crippen LogP contribution is -2.31. The summed E-state index contributed by atoms with van der Waals surface area (Å²) in [7, 11) is 0. The molecular weight excluding hydrogens is 390 g/mol. The quantitative estimate of drug-likeness (QED) is 0.595. The third kappa shape index (κ3) is 3.72. The molecule has 5 nitrogen and oxygen atoms in total. The van der Waals surface area contributed by atoms with Crippen molar-refractivity contribution in [3.05, 3.63) is 84.2 Å². The van der Waals surface area contributed by atoms with Gasteiger partial charge in [-0.25, -0.2) is 0 Å². The van der Waals surface area contributed by atoms with E-state index in [0.717, 1.165) is 16.5 Å². The van der Waals surface area contributed by atoms with E-state index in [0.29, 0.717) is 12.6 Å². The lowest BCUT2D eigenvalue weighted by molar-refractivity contribution is 0.273. The highest BCUT2D eigenvalue weighted by atomic mass is 32.1. The summed E-state index contributed by atoms with van der Waals surface area (Å²) < 4.78 is 2.50. The van der Waals surface area contributed by atoms with Crippen molar-refractivity contribution < 1.29 is 0 Å². The maximum absolute atomic E-state index is 5.82. The second-order valence-electron chi connectivity index (χ2n) is 8.21. The Kier molecular flexibility index (Phi) is 5.49. The van der Waals surface area contributed by atoms with Crippen LogP contribution < -0.4 is 5.32 Å². The summed E-state index contributed by atoms with van der Waals surface area (Å²) in [5.74, 6) is 0. The van der Waals surface area contributed by atoms with Gasteiger partial charge in [0.05, 0.1) is 30.0 Å². The van der Waals surface area contributed by atoms with Crippen molar-refractivity contribution in [2.75, 3.05) is 0 Å². The molecular formula is C24H27N5S. The van der Waals surface area contributed by atoms with Gasteiger partial charge in [0, 0.05) is 30.3 Å². The summed E-state index contributed by atoms with van der Waals surface area (Å²) in [6.45, 7) is 0.677. The lowest BCUT2D eigenvalue weighted by Gasteiger charge is -2.32. The van der Waals surface area contributed by atoms with Crippen molar-refractivity contribution in [1.82, 2.24) is 24.8 Å². The first-order valence-electron chi connectivity index (χ1n) is 10.9. The molecule has 1 saturated carbocycles. The van der Waals surface area contributed by atoms with Gasteiger partial charge in [0.2, 0.25) is 0 Å². The van der Waals surface area contributed by atoms with Crippen LogP contribution >= 0.6 is 12.2 Å². The van der Waals surface area contributed by atoms with Crippen LogP contribution in [-0.4, -0.2) is 24.5 Å². The minimum absolute atomic E-state index is 0.0136. The number of hydrogen-bond donors (Lipinski definition) is 1. The molecule has 1 N–H and O–H groups in total. The summed E-state index contributed by atoms with van der Waals surface area (Å²) in [5, 5.41) is 4.32. The highest BCUT2D eigenvalue weighted by Gasteiger charge is 2.41. The average Bonchev–Trinajstić information content (AvgIpc) is 3.40. The minimum Gasteiger partial charge on any atom is -0.352 e. The molecule has 2 aliphatic rings. The predicted molar refractivity (Wildman–Crippen MR) is 122 cm³/mol. The summed E-state index contributed by atoms with van der Waals surface area (Å²) in [6, 6.07) is 17.2. The molecule has 2 atom stereocenters. The van der Waals surface area contributed by atoms with Crippen molar-refractivity contribution in [3.8, 4) is 0 Å². The Morgan fingerprint density at radius 1 is 0.933 bits per heavy atom. The third-order valence-corrected chi connectivity index (χ3v) is 6.69. The summed E-state index contributed by atoms with van der Waals surface area (Å²) in [5.41, 5.74) is 3.34. The zero-order chi connectivity index (χ0) is 20.3. The molecule has 0 amide bonds. The van der Waals surface area contributed by atoms with E-state index < -0.39 is 0 Å². The number of nitrogens with zero attached hydrogens (tertiary/aromatic N) is 4. The van der Waals surface area contributed by atoms with Gasteiger partial charge in [0.15, 0.2) is 5.11 Å². The molecule has 0 aromatic carbocycles. The van der Waals surface area contributed by atoms with E-state index in [9.17, 15) is 0 Å². The van der Waals surface area contributed by atoms with Crippen LogP contribution in [0.15, 0.2) is 67.1 Å². The number of aromatic nitrogens is 3. The largest absolute Gasteiger partial charge is 0.352 e. The minimum atomic E-state index is 0.0136. The molecule has 0 bridgehead atoms. The SMILES string of the molecule is S=C1N[C@H](c2ccccn2)[C@H](c2cccn2C2CCCCC2)N1Cc1ccccn1. The molecule has 0 radical (unpaired) electrons. The highest BCUT2D eigenvalue weighted by Crippen LogP contribution is 2.41. The van der Waals surface area contributed by atoms with E-state index in [4.69, 9.17) is 12.2 Å². The first-order valence-corrected chi connectivity index (χ1v) is 11.3. The van der Waals surface area contributed by atoms with Crippen LogP contribution in [0.25, 0.3) is 0 Å². The molecule has 6 heteroatoms. The van der Waals surface area contributed by atoms with Gasteiger partial charge in [0.25, 0.3) is 0 Å². The predicted octanol–water partition coefficient (Wildman–Crippen LogP) is 4.96. The van der Waals surface area contributed by atoms with E-state index in [-0.39, 0.29) is 12.1 Å². The number of pyridine rings is 2. The molecule has 0 spiro atoms. The van der Waals surface area contributed by atoms with E-state index >= 15 is 0 Å². The molecule has 5 rings (SSSR count). The molecule has 30 heavy (non-hydrogen) atoms. The van der Waals surface area contributed by atoms with Crippen molar-refractivity contribution >= 4 is 17.3 Å². The van der Waals surface area contributed by atoms with Crippen molar-refractivity contribution in [2.45, 2.75) is 56.8 Å². The monoisotopic (exact) mass is 417 g/mol. The number of hydrogen-bond acceptors (Lipinski definition) is 3. The molecule has 0 unspecified atom stereocenters. The van der Waals surface area contributed by atoms with Gasteiger partial charge < -0.3 is 14.8 Å². The Balaban J connectivity index is 1.54. The second-order valence-corrected chi connectivity index (χ2v) is 8.59. The first-order chi connectivity index (χ1) is 14.8. The van der Waals surface area contributed by atoms with Crippen LogP contribution in [0.2, 0.25) is 0 Å². The maximum atomic E-state index is 5.82. The topological polar surface area (TPSA) is 46.0 Å². The van der Waals surface area contributed by atoms with E-state index in [1.165, 1.54) is 37.8 Å². The first kappa shape index (κ1) is 19.2. The van der Waals surface area contributed by atoms with E-state index in [1.807, 2.05) is 36.7 Å². The number of thiocarbonyl (C=S) groups is 1. The highest BCUT2D eigenvalue weighted by molar-refractivity contribution is 7.80. The van der Waals surface area contributed by atoms with Gasteiger partial charge in [-0.05, 0) is 61.5 Å².